The van der Waals surface area contributed by atoms with E-state index in [-0.39, 0.29) is 27.2 Å². The molecule has 8 atom stereocenters. The van der Waals surface area contributed by atoms with Crippen LogP contribution >= 0.6 is 35.2 Å². The molecule has 0 aromatic rings. The normalized spacial score (nSPS) is 20.1. The molecule has 0 heterocycles. The number of esters is 1. The zero-order valence-electron chi connectivity index (χ0n) is 36.8. The van der Waals surface area contributed by atoms with Crippen LogP contribution in [0.2, 0.25) is 0 Å². The molecular formula is C42H83O20P3S. The van der Waals surface area contributed by atoms with Gasteiger partial charge in [-0.25, -0.2) is 13.7 Å². The molecule has 0 aromatic heterocycles. The van der Waals surface area contributed by atoms with Crippen LogP contribution in [0.3, 0.4) is 0 Å². The van der Waals surface area contributed by atoms with Gasteiger partial charge in [0.05, 0.1) is 13.2 Å². The lowest BCUT2D eigenvalue weighted by atomic mass is 9.85. The Morgan fingerprint density at radius 2 is 1.03 bits per heavy atom. The number of thioether (sulfide) groups is 1. The predicted octanol–water partition coefficient (Wildman–Crippen LogP) is 6.26. The Bertz CT molecular complexity index is 1970. The maximum atomic E-state index is 12.7. The number of hydrogen-bond donors (Lipinski definition) is 9. The predicted molar refractivity (Wildman–Crippen MR) is 264 cm³/mol. The molecule has 0 radical (unpaired) electrons. The van der Waals surface area contributed by atoms with Crippen LogP contribution in [-0.4, -0.2) is 119 Å². The van der Waals surface area contributed by atoms with E-state index in [9.17, 15) is 43.5 Å². The highest BCUT2D eigenvalue weighted by Crippen LogP contribution is 2.51. The van der Waals surface area contributed by atoms with Crippen molar-refractivity contribution in [3.05, 3.63) is 0 Å². The number of hydrogen-bond acceptors (Lipinski definition) is 16. The second kappa shape index (κ2) is 36.9. The summed E-state index contributed by atoms with van der Waals surface area (Å²) in [7, 11) is -16.4. The molecule has 24 heteroatoms. The molecule has 0 bridgehead atoms. The molecule has 0 saturated heterocycles. The molecule has 5 unspecified atom stereocenters. The van der Waals surface area contributed by atoms with Gasteiger partial charge in [0, 0.05) is 40.3 Å². The first-order valence-corrected chi connectivity index (χ1v) is 26.3. The van der Waals surface area contributed by atoms with Crippen molar-refractivity contribution in [3.8, 4) is 70.9 Å². The number of aliphatic hydroxyl groups is 4. The van der Waals surface area contributed by atoms with Crippen molar-refractivity contribution in [2.45, 2.75) is 159 Å². The third-order valence-electron chi connectivity index (χ3n) is 8.64. The lowest BCUT2D eigenvalue weighted by Crippen LogP contribution is -2.65. The first kappa shape index (κ1) is 63.0. The molecule has 1 fully saturated rings. The van der Waals surface area contributed by atoms with Crippen LogP contribution in [0.25, 0.3) is 0 Å². The third kappa shape index (κ3) is 33.5. The lowest BCUT2D eigenvalue weighted by molar-refractivity contribution is -0.213. The maximum Gasteiger partial charge on any atom is 0.472 e. The fraction of sp³-hybridized carbons (Fsp3) is 0.667. The number of phosphoric ester groups is 3. The molecule has 0 aromatic carbocycles. The first-order valence-electron chi connectivity index (χ1n) is 20.9. The quantitative estimate of drug-likeness (QED) is 0.0131. The Morgan fingerprint density at radius 1 is 0.606 bits per heavy atom. The molecule has 0 aliphatic heterocycles. The molecular weight excluding hydrogens is 949 g/mol. The van der Waals surface area contributed by atoms with E-state index in [0.29, 0.717) is 12.8 Å². The minimum Gasteiger partial charge on any atom is -0.457 e. The number of ether oxygens (including phenoxy) is 2. The molecule has 1 aliphatic rings. The Hall–Kier alpha value is -3.02. The minimum atomic E-state index is -5.51. The van der Waals surface area contributed by atoms with Crippen LogP contribution in [0.5, 0.6) is 0 Å². The zero-order valence-corrected chi connectivity index (χ0v) is 40.3. The van der Waals surface area contributed by atoms with E-state index in [1.54, 1.807) is 0 Å². The lowest BCUT2D eigenvalue weighted by Gasteiger charge is -2.44. The molecule has 392 valence electrons. The van der Waals surface area contributed by atoms with Gasteiger partial charge in [-0.1, -0.05) is 90.9 Å². The summed E-state index contributed by atoms with van der Waals surface area (Å²) in [6, 6.07) is 0. The van der Waals surface area contributed by atoms with E-state index in [0.717, 1.165) is 43.9 Å². The van der Waals surface area contributed by atoms with Crippen LogP contribution < -0.4 is 0 Å². The molecule has 0 amide bonds. The van der Waals surface area contributed by atoms with Gasteiger partial charge >= 0.3 is 29.4 Å². The van der Waals surface area contributed by atoms with Gasteiger partial charge in [-0.3, -0.25) is 27.7 Å². The van der Waals surface area contributed by atoms with Gasteiger partial charge in [0.15, 0.2) is 0 Å². The van der Waals surface area contributed by atoms with Gasteiger partial charge in [0.25, 0.3) is 0 Å². The number of aliphatic hydroxyl groups excluding tert-OH is 4. The second-order valence-electron chi connectivity index (χ2n) is 14.1. The Labute approximate surface area is 407 Å². The molecule has 1 rings (SSSR count). The van der Waals surface area contributed by atoms with Crippen molar-refractivity contribution >= 4 is 46.3 Å². The van der Waals surface area contributed by atoms with Crippen molar-refractivity contribution in [1.29, 1.82) is 0 Å². The average molecular weight is 1030 g/mol. The number of carbonyl (C=O) groups is 2. The van der Waals surface area contributed by atoms with Crippen molar-refractivity contribution in [2.75, 3.05) is 20.0 Å². The van der Waals surface area contributed by atoms with E-state index in [1.165, 1.54) is 51.4 Å². The van der Waals surface area contributed by atoms with Crippen LogP contribution in [0.4, 0.5) is 0 Å². The number of terminal acetylenes is 1. The number of rotatable bonds is 29. The van der Waals surface area contributed by atoms with Gasteiger partial charge in [-0.15, -0.1) is 6.42 Å². The van der Waals surface area contributed by atoms with Gasteiger partial charge in [0.1, 0.15) is 49.5 Å². The van der Waals surface area contributed by atoms with Gasteiger partial charge < -0.3 is 54.4 Å². The molecule has 1 saturated carbocycles. The monoisotopic (exact) mass is 1030 g/mol. The highest BCUT2D eigenvalue weighted by Gasteiger charge is 2.56. The van der Waals surface area contributed by atoms with Crippen LogP contribution in [-0.2, 0) is 50.9 Å². The molecule has 0 spiro atoms. The fourth-order valence-electron chi connectivity index (χ4n) is 5.67. The second-order valence-corrected chi connectivity index (χ2v) is 18.8. The summed E-state index contributed by atoms with van der Waals surface area (Å²) in [4.78, 5) is 70.2. The van der Waals surface area contributed by atoms with E-state index >= 15 is 0 Å². The van der Waals surface area contributed by atoms with Crippen LogP contribution in [0.15, 0.2) is 0 Å². The number of carbonyl (C=O) groups excluding carboxylic acids is 2. The largest absolute Gasteiger partial charge is 0.472 e. The van der Waals surface area contributed by atoms with Crippen LogP contribution in [0.1, 0.15) is 132 Å². The van der Waals surface area contributed by atoms with E-state index in [2.05, 4.69) is 80.4 Å². The first-order chi connectivity index (χ1) is 31.2. The van der Waals surface area contributed by atoms with Crippen molar-refractivity contribution in [2.24, 2.45) is 0 Å². The number of phosphoric acid groups is 3. The van der Waals surface area contributed by atoms with E-state index in [1.807, 2.05) is 6.92 Å². The van der Waals surface area contributed by atoms with Crippen molar-refractivity contribution in [1.82, 2.24) is 0 Å². The third-order valence-corrected chi connectivity index (χ3v) is 11.3. The summed E-state index contributed by atoms with van der Waals surface area (Å²) in [5, 5.41) is 42.8. The molecule has 66 heavy (non-hydrogen) atoms. The number of unbranched alkanes of at least 4 members (excludes halogenated alkanes) is 12. The summed E-state index contributed by atoms with van der Waals surface area (Å²) in [5.74, 6) is 23.5. The summed E-state index contributed by atoms with van der Waals surface area (Å²) in [5.41, 5.74) is 0. The molecule has 20 nitrogen and oxygen atoms in total. The SMILES string of the molecule is C#CC#CC#CC#CC#CC#CSC(=O)CCC.CCCCCCCCCCCCCCCC(=O)O[C@H](COCO)COP(=O)(O)OC1C(O)[C@H](OP(=O)(O)O)C(O)C(OP(=O)(O)O)[C@@H]1O.[HH].[HH].[HH].[HH].[HH].[HH].[HH].[HH].[HH].[HH].[HH]. The summed E-state index contributed by atoms with van der Waals surface area (Å²) >= 11 is 0.963. The minimum absolute atomic E-state index is 0. The summed E-state index contributed by atoms with van der Waals surface area (Å²) in [6.45, 7) is 1.96. The fourth-order valence-corrected chi connectivity index (χ4v) is 8.30. The van der Waals surface area contributed by atoms with E-state index in [4.69, 9.17) is 49.6 Å². The van der Waals surface area contributed by atoms with Gasteiger partial charge in [0.2, 0.25) is 5.12 Å². The topological polar surface area (TPSA) is 323 Å². The summed E-state index contributed by atoms with van der Waals surface area (Å²) in [6.07, 6.45) is 4.50. The van der Waals surface area contributed by atoms with E-state index < -0.39 is 92.2 Å². The Kier molecular flexibility index (Phi) is 35.3. The highest BCUT2D eigenvalue weighted by atomic mass is 32.2. The zero-order chi connectivity index (χ0) is 49.9. The molecule has 1 aliphatic carbocycles. The summed E-state index contributed by atoms with van der Waals surface area (Å²) < 4.78 is 63.4. The Morgan fingerprint density at radius 3 is 1.45 bits per heavy atom. The van der Waals surface area contributed by atoms with Crippen LogP contribution in [0, 0.1) is 70.9 Å². The van der Waals surface area contributed by atoms with Gasteiger partial charge in [-0.05, 0) is 77.3 Å². The average Bonchev–Trinajstić information content (AvgIpc) is 3.24. The highest BCUT2D eigenvalue weighted by molar-refractivity contribution is 8.17. The van der Waals surface area contributed by atoms with Gasteiger partial charge in [-0.2, -0.15) is 0 Å². The van der Waals surface area contributed by atoms with Crippen molar-refractivity contribution < 1.29 is 111 Å². The Balaban J connectivity index is -0.000000126. The smallest absolute Gasteiger partial charge is 0.457 e. The maximum absolute atomic E-state index is 12.7. The van der Waals surface area contributed by atoms with Crippen molar-refractivity contribution in [3.63, 3.8) is 0 Å². The standard InChI is InChI=1S/C26H53O19P3.C16H8OS.11H2/c1-2-3-4-5-6-7-8-9-10-11-12-13-14-15-20(28)42-19(16-40-18-27)17-41-48(38,39)45-26-22(30)24(43-46(32,33)34)21(29)25(23(26)31)44-47(35,36)37;1-3-5-6-7-8-9-10-11-12-13-15-18-16(17)14-4-2;;;;;;;;;;;/h19,21-27,29-31H,2-18H2,1H3,(H,38,39)(H2,32,33,34)(H2,35,36,37);1H,4,14H2,2H3;11*1H/t19-,21?,22+,23?,24?,25-,26?;;;;;;;;;;;;/m1............/s1. The molecule has 9 N–H and O–H groups in total.